The summed E-state index contributed by atoms with van der Waals surface area (Å²) in [5, 5.41) is 2.97. The number of imidazole rings is 1. The van der Waals surface area contributed by atoms with Gasteiger partial charge in [0, 0.05) is 24.6 Å². The Bertz CT molecular complexity index is 749. The van der Waals surface area contributed by atoms with Crippen LogP contribution in [0.25, 0.3) is 0 Å². The van der Waals surface area contributed by atoms with Crippen molar-refractivity contribution in [2.75, 3.05) is 5.32 Å². The number of benzene rings is 2. The number of amides is 1. The molecule has 1 N–H and O–H groups in total. The summed E-state index contributed by atoms with van der Waals surface area (Å²) in [6.07, 6.45) is 5.48. The summed E-state index contributed by atoms with van der Waals surface area (Å²) in [6, 6.07) is 17.7. The second-order valence-corrected chi connectivity index (χ2v) is 5.55. The van der Waals surface area contributed by atoms with Crippen LogP contribution >= 0.6 is 0 Å². The van der Waals surface area contributed by atoms with Crippen molar-refractivity contribution in [3.05, 3.63) is 84.4 Å². The van der Waals surface area contributed by atoms with Crippen molar-refractivity contribution in [3.8, 4) is 0 Å². The molecule has 0 spiro atoms. The molecular formula is C19H19N3O. The molecule has 116 valence electrons. The normalized spacial score (nSPS) is 11.9. The Morgan fingerprint density at radius 1 is 1.13 bits per heavy atom. The van der Waals surface area contributed by atoms with E-state index in [1.807, 2.05) is 72.3 Å². The SMILES string of the molecule is C[C@H](C(=O)Nc1ccc(Cn2ccnc2)cc1)c1ccccc1. The van der Waals surface area contributed by atoms with Crippen molar-refractivity contribution in [2.24, 2.45) is 0 Å². The van der Waals surface area contributed by atoms with E-state index in [0.29, 0.717) is 0 Å². The number of carbonyl (C=O) groups is 1. The van der Waals surface area contributed by atoms with E-state index in [4.69, 9.17) is 0 Å². The lowest BCUT2D eigenvalue weighted by molar-refractivity contribution is -0.117. The lowest BCUT2D eigenvalue weighted by Crippen LogP contribution is -2.18. The van der Waals surface area contributed by atoms with Crippen LogP contribution in [-0.2, 0) is 11.3 Å². The minimum atomic E-state index is -0.179. The standard InChI is InChI=1S/C19H19N3O/c1-15(17-5-3-2-4-6-17)19(23)21-18-9-7-16(8-10-18)13-22-12-11-20-14-22/h2-12,14-15H,13H2,1H3,(H,21,23)/t15-/m0/s1. The van der Waals surface area contributed by atoms with Gasteiger partial charge in [-0.1, -0.05) is 42.5 Å². The first-order valence-corrected chi connectivity index (χ1v) is 7.63. The molecule has 0 saturated carbocycles. The van der Waals surface area contributed by atoms with Gasteiger partial charge in [0.25, 0.3) is 0 Å². The van der Waals surface area contributed by atoms with Gasteiger partial charge in [-0.05, 0) is 30.2 Å². The van der Waals surface area contributed by atoms with Crippen LogP contribution in [0, 0.1) is 0 Å². The van der Waals surface area contributed by atoms with E-state index in [2.05, 4.69) is 10.3 Å². The van der Waals surface area contributed by atoms with Crippen LogP contribution in [0.2, 0.25) is 0 Å². The predicted octanol–water partition coefficient (Wildman–Crippen LogP) is 3.67. The Morgan fingerprint density at radius 3 is 2.52 bits per heavy atom. The molecule has 0 aliphatic heterocycles. The van der Waals surface area contributed by atoms with Gasteiger partial charge in [-0.2, -0.15) is 0 Å². The van der Waals surface area contributed by atoms with Gasteiger partial charge >= 0.3 is 0 Å². The monoisotopic (exact) mass is 305 g/mol. The predicted molar refractivity (Wildman–Crippen MR) is 91.3 cm³/mol. The van der Waals surface area contributed by atoms with Gasteiger partial charge in [0.2, 0.25) is 5.91 Å². The molecule has 3 aromatic rings. The Balaban J connectivity index is 1.62. The average molecular weight is 305 g/mol. The molecule has 2 aromatic carbocycles. The first-order valence-electron chi connectivity index (χ1n) is 7.63. The molecule has 0 aliphatic carbocycles. The highest BCUT2D eigenvalue weighted by Crippen LogP contribution is 2.18. The molecular weight excluding hydrogens is 286 g/mol. The quantitative estimate of drug-likeness (QED) is 0.781. The zero-order chi connectivity index (χ0) is 16.1. The van der Waals surface area contributed by atoms with Crippen molar-refractivity contribution in [2.45, 2.75) is 19.4 Å². The number of hydrogen-bond donors (Lipinski definition) is 1. The molecule has 4 nitrogen and oxygen atoms in total. The van der Waals surface area contributed by atoms with Gasteiger partial charge < -0.3 is 9.88 Å². The van der Waals surface area contributed by atoms with Crippen LogP contribution in [0.15, 0.2) is 73.3 Å². The second kappa shape index (κ2) is 6.92. The van der Waals surface area contributed by atoms with Gasteiger partial charge in [0.1, 0.15) is 0 Å². The third-order valence-corrected chi connectivity index (χ3v) is 3.84. The van der Waals surface area contributed by atoms with Crippen molar-refractivity contribution in [1.29, 1.82) is 0 Å². The van der Waals surface area contributed by atoms with E-state index in [0.717, 1.165) is 23.4 Å². The number of anilines is 1. The fourth-order valence-electron chi connectivity index (χ4n) is 2.43. The van der Waals surface area contributed by atoms with Crippen molar-refractivity contribution >= 4 is 11.6 Å². The van der Waals surface area contributed by atoms with E-state index in [1.165, 1.54) is 0 Å². The number of aromatic nitrogens is 2. The third-order valence-electron chi connectivity index (χ3n) is 3.84. The highest BCUT2D eigenvalue weighted by molar-refractivity contribution is 5.95. The van der Waals surface area contributed by atoms with Gasteiger partial charge in [0.05, 0.1) is 12.2 Å². The zero-order valence-electron chi connectivity index (χ0n) is 13.0. The molecule has 0 unspecified atom stereocenters. The maximum absolute atomic E-state index is 12.3. The van der Waals surface area contributed by atoms with Crippen LogP contribution in [0.3, 0.4) is 0 Å². The van der Waals surface area contributed by atoms with Crippen molar-refractivity contribution in [1.82, 2.24) is 9.55 Å². The number of carbonyl (C=O) groups excluding carboxylic acids is 1. The molecule has 0 saturated heterocycles. The van der Waals surface area contributed by atoms with Crippen LogP contribution in [-0.4, -0.2) is 15.5 Å². The third kappa shape index (κ3) is 3.86. The zero-order valence-corrected chi connectivity index (χ0v) is 13.0. The smallest absolute Gasteiger partial charge is 0.231 e. The highest BCUT2D eigenvalue weighted by Gasteiger charge is 2.14. The van der Waals surface area contributed by atoms with E-state index in [9.17, 15) is 4.79 Å². The molecule has 0 bridgehead atoms. The van der Waals surface area contributed by atoms with Crippen LogP contribution in [0.5, 0.6) is 0 Å². The van der Waals surface area contributed by atoms with Gasteiger partial charge in [0.15, 0.2) is 0 Å². The summed E-state index contributed by atoms with van der Waals surface area (Å²) in [5.74, 6) is -0.180. The molecule has 23 heavy (non-hydrogen) atoms. The summed E-state index contributed by atoms with van der Waals surface area (Å²) in [4.78, 5) is 16.4. The molecule has 1 aromatic heterocycles. The number of rotatable bonds is 5. The Hall–Kier alpha value is -2.88. The molecule has 1 atom stereocenters. The van der Waals surface area contributed by atoms with Crippen LogP contribution in [0.1, 0.15) is 24.0 Å². The highest BCUT2D eigenvalue weighted by atomic mass is 16.1. The van der Waals surface area contributed by atoms with E-state index in [1.54, 1.807) is 12.5 Å². The molecule has 1 amide bonds. The second-order valence-electron chi connectivity index (χ2n) is 5.55. The van der Waals surface area contributed by atoms with Crippen molar-refractivity contribution < 1.29 is 4.79 Å². The molecule has 0 fully saturated rings. The lowest BCUT2D eigenvalue weighted by Gasteiger charge is -2.13. The molecule has 3 rings (SSSR count). The molecule has 4 heteroatoms. The summed E-state index contributed by atoms with van der Waals surface area (Å²) in [7, 11) is 0. The lowest BCUT2D eigenvalue weighted by atomic mass is 10.0. The van der Waals surface area contributed by atoms with Gasteiger partial charge in [-0.15, -0.1) is 0 Å². The largest absolute Gasteiger partial charge is 0.333 e. The van der Waals surface area contributed by atoms with E-state index >= 15 is 0 Å². The first kappa shape index (κ1) is 15.0. The van der Waals surface area contributed by atoms with Gasteiger partial charge in [-0.25, -0.2) is 4.98 Å². The Kier molecular flexibility index (Phi) is 4.52. The summed E-state index contributed by atoms with van der Waals surface area (Å²) >= 11 is 0. The first-order chi connectivity index (χ1) is 11.2. The van der Waals surface area contributed by atoms with E-state index < -0.39 is 0 Å². The number of hydrogen-bond acceptors (Lipinski definition) is 2. The maximum Gasteiger partial charge on any atom is 0.231 e. The van der Waals surface area contributed by atoms with Gasteiger partial charge in [-0.3, -0.25) is 4.79 Å². The topological polar surface area (TPSA) is 46.9 Å². The average Bonchev–Trinajstić information content (AvgIpc) is 3.10. The maximum atomic E-state index is 12.3. The summed E-state index contributed by atoms with van der Waals surface area (Å²) < 4.78 is 2.01. The molecule has 1 heterocycles. The number of nitrogens with one attached hydrogen (secondary N) is 1. The molecule has 0 aliphatic rings. The Morgan fingerprint density at radius 2 is 1.87 bits per heavy atom. The summed E-state index contributed by atoms with van der Waals surface area (Å²) in [6.45, 7) is 2.69. The van der Waals surface area contributed by atoms with E-state index in [-0.39, 0.29) is 11.8 Å². The van der Waals surface area contributed by atoms with Crippen LogP contribution < -0.4 is 5.32 Å². The minimum Gasteiger partial charge on any atom is -0.333 e. The Labute approximate surface area is 135 Å². The van der Waals surface area contributed by atoms with Crippen molar-refractivity contribution in [3.63, 3.8) is 0 Å². The van der Waals surface area contributed by atoms with Crippen LogP contribution in [0.4, 0.5) is 5.69 Å². The fraction of sp³-hybridized carbons (Fsp3) is 0.158. The fourth-order valence-corrected chi connectivity index (χ4v) is 2.43. The summed E-state index contributed by atoms with van der Waals surface area (Å²) in [5.41, 5.74) is 2.99. The molecule has 0 radical (unpaired) electrons. The minimum absolute atomic E-state index is 0.00133. The number of nitrogens with zero attached hydrogens (tertiary/aromatic N) is 2.